The van der Waals surface area contributed by atoms with E-state index in [9.17, 15) is 43.2 Å². The lowest BCUT2D eigenvalue weighted by atomic mass is 10.0. The molecule has 0 fully saturated rings. The number of aliphatic hydroxyl groups is 1. The molecule has 0 heterocycles. The summed E-state index contributed by atoms with van der Waals surface area (Å²) in [6, 6.07) is 0. The van der Waals surface area contributed by atoms with Crippen molar-refractivity contribution in [2.45, 2.75) is 341 Å². The molecule has 5 atom stereocenters. The lowest BCUT2D eigenvalue weighted by molar-refractivity contribution is -0.161. The number of carbonyl (C=O) groups is 4. The predicted molar refractivity (Wildman–Crippen MR) is 436 cm³/mol. The van der Waals surface area contributed by atoms with Gasteiger partial charge in [-0.05, 0) is 148 Å². The highest BCUT2D eigenvalue weighted by Crippen LogP contribution is 2.45. The molecular weight excluding hydrogens is 1380 g/mol. The Morgan fingerprint density at radius 3 is 0.783 bits per heavy atom. The van der Waals surface area contributed by atoms with Crippen molar-refractivity contribution in [3.05, 3.63) is 146 Å². The van der Waals surface area contributed by atoms with E-state index in [2.05, 4.69) is 174 Å². The number of phosphoric ester groups is 2. The Morgan fingerprint density at radius 1 is 0.274 bits per heavy atom. The molecule has 0 rings (SSSR count). The predicted octanol–water partition coefficient (Wildman–Crippen LogP) is 24.2. The number of rotatable bonds is 76. The van der Waals surface area contributed by atoms with E-state index in [1.165, 1.54) is 77.0 Å². The topological polar surface area (TPSA) is 237 Å². The van der Waals surface area contributed by atoms with Crippen molar-refractivity contribution in [2.75, 3.05) is 39.6 Å². The number of ether oxygens (including phenoxy) is 4. The fourth-order valence-corrected chi connectivity index (χ4v) is 12.2. The van der Waals surface area contributed by atoms with Crippen molar-refractivity contribution in [3.8, 4) is 0 Å². The van der Waals surface area contributed by atoms with E-state index >= 15 is 0 Å². The number of unbranched alkanes of at least 4 members (excludes halogenated alkanes) is 26. The Morgan fingerprint density at radius 2 is 0.491 bits per heavy atom. The normalized spacial score (nSPS) is 14.6. The van der Waals surface area contributed by atoms with E-state index in [0.717, 1.165) is 167 Å². The number of carbonyl (C=O) groups excluding carboxylic acids is 4. The zero-order valence-corrected chi connectivity index (χ0v) is 68.1. The van der Waals surface area contributed by atoms with Crippen LogP contribution >= 0.6 is 15.6 Å². The second-order valence-corrected chi connectivity index (χ2v) is 29.9. The zero-order chi connectivity index (χ0) is 77.4. The number of allylic oxidation sites excluding steroid dienone is 24. The third-order valence-corrected chi connectivity index (χ3v) is 18.7. The van der Waals surface area contributed by atoms with E-state index in [4.69, 9.17) is 37.0 Å². The highest BCUT2D eigenvalue weighted by atomic mass is 31.2. The number of phosphoric acid groups is 2. The van der Waals surface area contributed by atoms with Crippen LogP contribution in [0.3, 0.4) is 0 Å². The molecule has 0 amide bonds. The van der Waals surface area contributed by atoms with Crippen LogP contribution in [0.25, 0.3) is 0 Å². The van der Waals surface area contributed by atoms with E-state index in [1.54, 1.807) is 0 Å². The lowest BCUT2D eigenvalue weighted by Crippen LogP contribution is -2.30. The van der Waals surface area contributed by atoms with Crippen molar-refractivity contribution >= 4 is 39.5 Å². The second-order valence-electron chi connectivity index (χ2n) is 27.0. The molecular formula is C87H146O17P2. The molecule has 606 valence electrons. The summed E-state index contributed by atoms with van der Waals surface area (Å²) in [5.41, 5.74) is 0. The van der Waals surface area contributed by atoms with Crippen molar-refractivity contribution < 1.29 is 80.2 Å². The van der Waals surface area contributed by atoms with Crippen LogP contribution in [0.15, 0.2) is 146 Å². The van der Waals surface area contributed by atoms with Crippen LogP contribution < -0.4 is 0 Å². The molecule has 0 saturated carbocycles. The zero-order valence-electron chi connectivity index (χ0n) is 66.3. The highest BCUT2D eigenvalue weighted by Gasteiger charge is 2.30. The maximum absolute atomic E-state index is 13.1. The maximum Gasteiger partial charge on any atom is 0.472 e. The number of hydrogen-bond acceptors (Lipinski definition) is 15. The van der Waals surface area contributed by atoms with Gasteiger partial charge >= 0.3 is 39.5 Å². The molecule has 19 heteroatoms. The Bertz CT molecular complexity index is 2580. The summed E-state index contributed by atoms with van der Waals surface area (Å²) in [5.74, 6) is -2.26. The Balaban J connectivity index is 5.44. The van der Waals surface area contributed by atoms with Crippen LogP contribution in [-0.4, -0.2) is 96.7 Å². The Kier molecular flexibility index (Phi) is 74.3. The van der Waals surface area contributed by atoms with Gasteiger partial charge in [-0.15, -0.1) is 0 Å². The molecule has 2 unspecified atom stereocenters. The summed E-state index contributed by atoms with van der Waals surface area (Å²) in [5, 5.41) is 10.7. The molecule has 0 aromatic rings. The lowest BCUT2D eigenvalue weighted by Gasteiger charge is -2.21. The highest BCUT2D eigenvalue weighted by molar-refractivity contribution is 7.47. The smallest absolute Gasteiger partial charge is 0.462 e. The molecule has 0 saturated heterocycles. The fraction of sp³-hybridized carbons (Fsp3) is 0.678. The molecule has 0 aromatic heterocycles. The summed E-state index contributed by atoms with van der Waals surface area (Å²) in [6.07, 6.45) is 89.6. The van der Waals surface area contributed by atoms with Gasteiger partial charge in [0.1, 0.15) is 19.3 Å². The Hall–Kier alpha value is -5.06. The number of hydrogen-bond donors (Lipinski definition) is 3. The first-order valence-corrected chi connectivity index (χ1v) is 44.1. The molecule has 0 aromatic carbocycles. The van der Waals surface area contributed by atoms with Crippen LogP contribution in [-0.2, 0) is 65.4 Å². The van der Waals surface area contributed by atoms with Gasteiger partial charge in [-0.2, -0.15) is 0 Å². The monoisotopic (exact) mass is 1530 g/mol. The van der Waals surface area contributed by atoms with Crippen LogP contribution in [0.2, 0.25) is 0 Å². The second kappa shape index (κ2) is 78.1. The largest absolute Gasteiger partial charge is 0.472 e. The first kappa shape index (κ1) is 101. The van der Waals surface area contributed by atoms with Crippen LogP contribution in [0.5, 0.6) is 0 Å². The van der Waals surface area contributed by atoms with Crippen LogP contribution in [0, 0.1) is 0 Å². The molecule has 3 N–H and O–H groups in total. The van der Waals surface area contributed by atoms with Crippen molar-refractivity contribution in [2.24, 2.45) is 0 Å². The molecule has 0 spiro atoms. The van der Waals surface area contributed by atoms with Crippen molar-refractivity contribution in [1.82, 2.24) is 0 Å². The maximum atomic E-state index is 13.1. The van der Waals surface area contributed by atoms with Gasteiger partial charge in [-0.25, -0.2) is 9.13 Å². The number of esters is 4. The minimum Gasteiger partial charge on any atom is -0.462 e. The van der Waals surface area contributed by atoms with E-state index in [0.29, 0.717) is 25.7 Å². The van der Waals surface area contributed by atoms with Crippen molar-refractivity contribution in [3.63, 3.8) is 0 Å². The minimum absolute atomic E-state index is 0.0531. The van der Waals surface area contributed by atoms with Gasteiger partial charge < -0.3 is 33.8 Å². The quantitative estimate of drug-likeness (QED) is 0.0169. The molecule has 0 radical (unpaired) electrons. The Labute approximate surface area is 643 Å². The first-order chi connectivity index (χ1) is 51.7. The van der Waals surface area contributed by atoms with Crippen molar-refractivity contribution in [1.29, 1.82) is 0 Å². The molecule has 17 nitrogen and oxygen atoms in total. The third-order valence-electron chi connectivity index (χ3n) is 16.8. The van der Waals surface area contributed by atoms with Gasteiger partial charge in [0.15, 0.2) is 12.2 Å². The third kappa shape index (κ3) is 77.1. The van der Waals surface area contributed by atoms with E-state index < -0.39 is 97.5 Å². The first-order valence-electron chi connectivity index (χ1n) is 41.1. The van der Waals surface area contributed by atoms with Gasteiger partial charge in [0.25, 0.3) is 0 Å². The SMILES string of the molecule is CC/C=C\C/C=C\C/C=C\C/C=C\C/C=C\CCCCCC(=O)OC[C@H](COP(=O)(O)OC[C@@H](O)COP(=O)(O)OC[C@@H](COC(=O)CCCCCCCCCCCCCCC)OC(=O)CCCCC/C=C\C/C=C\C/C=C\C/C=C\C/C=C\CC)OC(=O)CCCCCCC/C=C\C/C=C\CCCCC. The standard InChI is InChI=1S/C87H146O17P2/c1-5-9-13-17-21-25-29-33-36-38-40-42-45-48-52-56-60-64-68-72-85(90)98-78-83(103-86(91)73-69-65-61-57-53-49-44-35-31-27-23-19-15-11-7-3)80-102-106(95,96)100-76-81(88)75-99-105(93,94)101-79-82(77-97-84(89)71-67-63-59-55-51-47-32-28-24-20-16-12-8-4)104-87(92)74-70-66-62-58-54-50-46-43-41-39-37-34-30-26-22-18-14-10-6-2/h9-10,13-14,21-23,25-27,33-37,40-44,48,50,52,54,81-83,88H,5-8,11-12,15-20,24,28-32,38-39,45-47,49,51,53,55-80H2,1-4H3,(H,93,94)(H,95,96)/b13-9-,14-10-,25-21-,26-22-,27-23-,36-33-,37-34-,42-40-,43-41-,44-35-,52-48-,54-50-/t81-,82+,83+/m0/s1. The molecule has 0 aliphatic carbocycles. The fourth-order valence-electron chi connectivity index (χ4n) is 10.6. The van der Waals surface area contributed by atoms with Gasteiger partial charge in [0.2, 0.25) is 0 Å². The van der Waals surface area contributed by atoms with Crippen LogP contribution in [0.1, 0.15) is 323 Å². The number of aliphatic hydroxyl groups excluding tert-OH is 1. The molecule has 0 bridgehead atoms. The summed E-state index contributed by atoms with van der Waals surface area (Å²) in [4.78, 5) is 73.1. The van der Waals surface area contributed by atoms with E-state index in [-0.39, 0.29) is 25.7 Å². The summed E-state index contributed by atoms with van der Waals surface area (Å²) in [7, 11) is -9.99. The van der Waals surface area contributed by atoms with Gasteiger partial charge in [0, 0.05) is 25.7 Å². The molecule has 106 heavy (non-hydrogen) atoms. The summed E-state index contributed by atoms with van der Waals surface area (Å²) >= 11 is 0. The minimum atomic E-state index is -5.00. The van der Waals surface area contributed by atoms with E-state index in [1.807, 2.05) is 0 Å². The van der Waals surface area contributed by atoms with Gasteiger partial charge in [-0.3, -0.25) is 37.3 Å². The molecule has 0 aliphatic heterocycles. The average Bonchev–Trinajstić information content (AvgIpc) is 0.902. The van der Waals surface area contributed by atoms with Gasteiger partial charge in [-0.1, -0.05) is 296 Å². The van der Waals surface area contributed by atoms with Crippen LogP contribution in [0.4, 0.5) is 0 Å². The average molecular weight is 1530 g/mol. The van der Waals surface area contributed by atoms with Gasteiger partial charge in [0.05, 0.1) is 26.4 Å². The summed E-state index contributed by atoms with van der Waals surface area (Å²) in [6.45, 7) is 4.55. The molecule has 0 aliphatic rings. The summed E-state index contributed by atoms with van der Waals surface area (Å²) < 4.78 is 68.6.